The first-order valence-corrected chi connectivity index (χ1v) is 5.32. The van der Waals surface area contributed by atoms with E-state index in [0.29, 0.717) is 6.61 Å². The van der Waals surface area contributed by atoms with Crippen molar-refractivity contribution in [1.82, 2.24) is 10.8 Å². The van der Waals surface area contributed by atoms with E-state index in [2.05, 4.69) is 10.8 Å². The monoisotopic (exact) mass is 236 g/mol. The molecule has 0 aliphatic rings. The molecular weight excluding hydrogens is 220 g/mol. The number of rotatable bonds is 5. The van der Waals surface area contributed by atoms with Gasteiger partial charge in [-0.3, -0.25) is 14.4 Å². The minimum Gasteiger partial charge on any atom is -0.345 e. The van der Waals surface area contributed by atoms with Gasteiger partial charge in [-0.15, -0.1) is 0 Å². The summed E-state index contributed by atoms with van der Waals surface area (Å²) >= 11 is 0. The molecule has 0 unspecified atom stereocenters. The summed E-state index contributed by atoms with van der Waals surface area (Å²) in [4.78, 5) is 27.2. The zero-order valence-corrected chi connectivity index (χ0v) is 9.90. The van der Waals surface area contributed by atoms with E-state index < -0.39 is 6.04 Å². The Morgan fingerprint density at radius 3 is 2.53 bits per heavy atom. The molecule has 5 heteroatoms. The van der Waals surface area contributed by atoms with Gasteiger partial charge in [0.15, 0.2) is 0 Å². The van der Waals surface area contributed by atoms with Gasteiger partial charge in [-0.05, 0) is 12.5 Å². The smallest absolute Gasteiger partial charge is 0.265 e. The summed E-state index contributed by atoms with van der Waals surface area (Å²) in [5, 5.41) is 2.46. The van der Waals surface area contributed by atoms with Gasteiger partial charge in [-0.1, -0.05) is 30.3 Å². The number of hydrogen-bond donors (Lipinski definition) is 2. The van der Waals surface area contributed by atoms with Crippen LogP contribution < -0.4 is 10.8 Å². The van der Waals surface area contributed by atoms with Crippen LogP contribution in [0.4, 0.5) is 0 Å². The Kier molecular flexibility index (Phi) is 5.16. The molecule has 0 radical (unpaired) electrons. The van der Waals surface area contributed by atoms with Crippen molar-refractivity contribution >= 4 is 11.8 Å². The van der Waals surface area contributed by atoms with Crippen molar-refractivity contribution in [2.45, 2.75) is 26.5 Å². The van der Waals surface area contributed by atoms with Gasteiger partial charge in [0, 0.05) is 6.92 Å². The highest BCUT2D eigenvalue weighted by Gasteiger charge is 2.13. The Morgan fingerprint density at radius 2 is 1.94 bits per heavy atom. The van der Waals surface area contributed by atoms with Crippen molar-refractivity contribution in [3.05, 3.63) is 35.9 Å². The van der Waals surface area contributed by atoms with Crippen molar-refractivity contribution in [3.8, 4) is 0 Å². The van der Waals surface area contributed by atoms with Crippen LogP contribution in [0, 0.1) is 0 Å². The Hall–Kier alpha value is -1.88. The number of nitrogens with one attached hydrogen (secondary N) is 2. The Bertz CT molecular complexity index is 379. The van der Waals surface area contributed by atoms with Crippen molar-refractivity contribution in [3.63, 3.8) is 0 Å². The van der Waals surface area contributed by atoms with Gasteiger partial charge in [-0.25, -0.2) is 5.48 Å². The first kappa shape index (κ1) is 13.2. The summed E-state index contributed by atoms with van der Waals surface area (Å²) < 4.78 is 0. The predicted molar refractivity (Wildman–Crippen MR) is 62.7 cm³/mol. The average Bonchev–Trinajstić information content (AvgIpc) is 2.29. The minimum absolute atomic E-state index is 0.254. The molecule has 1 aromatic rings. The number of hydroxylamine groups is 1. The molecule has 0 heterocycles. The molecule has 2 amide bonds. The van der Waals surface area contributed by atoms with Crippen LogP contribution in [0.2, 0.25) is 0 Å². The molecule has 0 fully saturated rings. The second-order valence-electron chi connectivity index (χ2n) is 3.66. The molecule has 92 valence electrons. The molecular formula is C12H16N2O3. The van der Waals surface area contributed by atoms with Crippen molar-refractivity contribution in [2.75, 3.05) is 0 Å². The topological polar surface area (TPSA) is 67.4 Å². The van der Waals surface area contributed by atoms with E-state index in [4.69, 9.17) is 4.84 Å². The Balaban J connectivity index is 2.27. The molecule has 0 aliphatic heterocycles. The van der Waals surface area contributed by atoms with Crippen LogP contribution >= 0.6 is 0 Å². The van der Waals surface area contributed by atoms with E-state index in [9.17, 15) is 9.59 Å². The lowest BCUT2D eigenvalue weighted by Gasteiger charge is -2.12. The molecule has 0 saturated heterocycles. The quantitative estimate of drug-likeness (QED) is 0.742. The second kappa shape index (κ2) is 6.65. The molecule has 1 aromatic carbocycles. The number of benzene rings is 1. The maximum absolute atomic E-state index is 11.4. The summed E-state index contributed by atoms with van der Waals surface area (Å²) in [5.74, 6) is -0.633. The molecule has 0 saturated carbocycles. The minimum atomic E-state index is -0.608. The number of carbonyl (C=O) groups is 2. The van der Waals surface area contributed by atoms with Crippen LogP contribution in [-0.4, -0.2) is 17.9 Å². The molecule has 1 atom stereocenters. The lowest BCUT2D eigenvalue weighted by Crippen LogP contribution is -2.43. The maximum atomic E-state index is 11.4. The molecule has 5 nitrogen and oxygen atoms in total. The number of carbonyl (C=O) groups excluding carboxylic acids is 2. The van der Waals surface area contributed by atoms with Gasteiger partial charge < -0.3 is 5.32 Å². The molecule has 0 spiro atoms. The first-order valence-electron chi connectivity index (χ1n) is 5.32. The van der Waals surface area contributed by atoms with Gasteiger partial charge in [0.25, 0.3) is 5.91 Å². The predicted octanol–water partition coefficient (Wildman–Crippen LogP) is 0.759. The van der Waals surface area contributed by atoms with Gasteiger partial charge in [0.05, 0.1) is 6.61 Å². The third kappa shape index (κ3) is 5.12. The van der Waals surface area contributed by atoms with Crippen molar-refractivity contribution in [2.24, 2.45) is 0 Å². The fourth-order valence-electron chi connectivity index (χ4n) is 1.22. The van der Waals surface area contributed by atoms with Crippen molar-refractivity contribution in [1.29, 1.82) is 0 Å². The standard InChI is InChI=1S/C12H16N2O3/c1-9(13-10(2)15)12(16)14-17-8-11-6-4-3-5-7-11/h3-7,9H,8H2,1-2H3,(H,13,15)(H,14,16)/t9-/m1/s1. The van der Waals surface area contributed by atoms with Gasteiger partial charge >= 0.3 is 0 Å². The fourth-order valence-corrected chi connectivity index (χ4v) is 1.22. The summed E-state index contributed by atoms with van der Waals surface area (Å²) in [6.07, 6.45) is 0. The second-order valence-corrected chi connectivity index (χ2v) is 3.66. The highest BCUT2D eigenvalue weighted by atomic mass is 16.6. The third-order valence-electron chi connectivity index (χ3n) is 2.07. The van der Waals surface area contributed by atoms with E-state index in [1.165, 1.54) is 6.92 Å². The van der Waals surface area contributed by atoms with Gasteiger partial charge in [0.2, 0.25) is 5.91 Å². The van der Waals surface area contributed by atoms with E-state index in [1.54, 1.807) is 6.92 Å². The largest absolute Gasteiger partial charge is 0.345 e. The third-order valence-corrected chi connectivity index (χ3v) is 2.07. The molecule has 2 N–H and O–H groups in total. The van der Waals surface area contributed by atoms with E-state index in [1.807, 2.05) is 30.3 Å². The summed E-state index contributed by atoms with van der Waals surface area (Å²) in [5.41, 5.74) is 3.24. The number of amides is 2. The van der Waals surface area contributed by atoms with Gasteiger partial charge in [-0.2, -0.15) is 0 Å². The average molecular weight is 236 g/mol. The van der Waals surface area contributed by atoms with Gasteiger partial charge in [0.1, 0.15) is 6.04 Å². The summed E-state index contributed by atoms with van der Waals surface area (Å²) in [7, 11) is 0. The van der Waals surface area contributed by atoms with E-state index >= 15 is 0 Å². The van der Waals surface area contributed by atoms with Crippen molar-refractivity contribution < 1.29 is 14.4 Å². The van der Waals surface area contributed by atoms with Crippen LogP contribution in [0.25, 0.3) is 0 Å². The molecule has 17 heavy (non-hydrogen) atoms. The molecule has 0 aliphatic carbocycles. The van der Waals surface area contributed by atoms with E-state index in [0.717, 1.165) is 5.56 Å². The lowest BCUT2D eigenvalue weighted by molar-refractivity contribution is -0.138. The van der Waals surface area contributed by atoms with Crippen LogP contribution in [0.3, 0.4) is 0 Å². The van der Waals surface area contributed by atoms with E-state index in [-0.39, 0.29) is 11.8 Å². The zero-order valence-electron chi connectivity index (χ0n) is 9.90. The van der Waals surface area contributed by atoms with Crippen LogP contribution in [0.15, 0.2) is 30.3 Å². The highest BCUT2D eigenvalue weighted by molar-refractivity contribution is 5.85. The van der Waals surface area contributed by atoms with Crippen LogP contribution in [-0.2, 0) is 21.0 Å². The summed E-state index contributed by atoms with van der Waals surface area (Å²) in [6, 6.07) is 8.86. The first-order chi connectivity index (χ1) is 8.09. The zero-order chi connectivity index (χ0) is 12.7. The molecule has 0 aromatic heterocycles. The number of hydrogen-bond acceptors (Lipinski definition) is 3. The fraction of sp³-hybridized carbons (Fsp3) is 0.333. The summed E-state index contributed by atoms with van der Waals surface area (Å²) in [6.45, 7) is 3.23. The highest BCUT2D eigenvalue weighted by Crippen LogP contribution is 1.99. The van der Waals surface area contributed by atoms with Crippen LogP contribution in [0.5, 0.6) is 0 Å². The maximum Gasteiger partial charge on any atom is 0.265 e. The normalized spacial score (nSPS) is 11.6. The Morgan fingerprint density at radius 1 is 1.29 bits per heavy atom. The van der Waals surface area contributed by atoms with Crippen LogP contribution in [0.1, 0.15) is 19.4 Å². The molecule has 1 rings (SSSR count). The Labute approximate surface area is 100 Å². The molecule has 0 bridgehead atoms. The lowest BCUT2D eigenvalue weighted by atomic mass is 10.2. The SMILES string of the molecule is CC(=O)N[C@H](C)C(=O)NOCc1ccccc1.